The molecule has 0 aliphatic heterocycles. The zero-order chi connectivity index (χ0) is 17.4. The van der Waals surface area contributed by atoms with Gasteiger partial charge in [-0.2, -0.15) is 5.26 Å². The van der Waals surface area contributed by atoms with Crippen molar-refractivity contribution in [2.24, 2.45) is 0 Å². The van der Waals surface area contributed by atoms with Crippen LogP contribution in [0.25, 0.3) is 33.5 Å². The molecular formula is C20H14N4O. The molecule has 0 atom stereocenters. The highest BCUT2D eigenvalue weighted by Crippen LogP contribution is 2.26. The maximum absolute atomic E-state index is 12.3. The fourth-order valence-electron chi connectivity index (χ4n) is 3.00. The van der Waals surface area contributed by atoms with Gasteiger partial charge in [0.15, 0.2) is 5.82 Å². The highest BCUT2D eigenvalue weighted by atomic mass is 16.1. The van der Waals surface area contributed by atoms with Crippen LogP contribution < -0.4 is 5.56 Å². The molecule has 2 heterocycles. The van der Waals surface area contributed by atoms with Gasteiger partial charge in [-0.15, -0.1) is 0 Å². The van der Waals surface area contributed by atoms with E-state index in [0.29, 0.717) is 16.5 Å². The minimum Gasteiger partial charge on any atom is -0.358 e. The van der Waals surface area contributed by atoms with Gasteiger partial charge in [-0.1, -0.05) is 30.3 Å². The molecule has 0 saturated carbocycles. The lowest BCUT2D eigenvalue weighted by atomic mass is 10.1. The van der Waals surface area contributed by atoms with Crippen LogP contribution in [0.15, 0.2) is 53.3 Å². The van der Waals surface area contributed by atoms with Crippen LogP contribution in [-0.4, -0.2) is 15.0 Å². The third kappa shape index (κ3) is 2.50. The number of allylic oxidation sites excluding steroid dienone is 1. The van der Waals surface area contributed by atoms with E-state index in [2.05, 4.69) is 21.0 Å². The fraction of sp³-hybridized carbons (Fsp3) is 0.0500. The number of benzene rings is 2. The van der Waals surface area contributed by atoms with Gasteiger partial charge in [0.25, 0.3) is 5.56 Å². The Balaban J connectivity index is 1.94. The number of hydrogen-bond acceptors (Lipinski definition) is 3. The highest BCUT2D eigenvalue weighted by Gasteiger charge is 2.11. The van der Waals surface area contributed by atoms with E-state index in [1.165, 1.54) is 0 Å². The third-order valence-electron chi connectivity index (χ3n) is 4.22. The van der Waals surface area contributed by atoms with Crippen LogP contribution in [0.3, 0.4) is 0 Å². The molecule has 0 unspecified atom stereocenters. The van der Waals surface area contributed by atoms with E-state index in [4.69, 9.17) is 0 Å². The Morgan fingerprint density at radius 1 is 1.08 bits per heavy atom. The Morgan fingerprint density at radius 3 is 2.60 bits per heavy atom. The maximum Gasteiger partial charge on any atom is 0.259 e. The number of nitrogens with zero attached hydrogens (tertiary/aromatic N) is 2. The number of para-hydroxylation sites is 2. The number of H-pyrrole nitrogens is 2. The van der Waals surface area contributed by atoms with Gasteiger partial charge in [-0.25, -0.2) is 4.98 Å². The first kappa shape index (κ1) is 14.9. The zero-order valence-corrected chi connectivity index (χ0v) is 13.5. The minimum atomic E-state index is -0.252. The predicted octanol–water partition coefficient (Wildman–Crippen LogP) is 3.78. The van der Waals surface area contributed by atoms with Crippen molar-refractivity contribution in [2.45, 2.75) is 6.92 Å². The van der Waals surface area contributed by atoms with Crippen molar-refractivity contribution < 1.29 is 0 Å². The van der Waals surface area contributed by atoms with Crippen LogP contribution in [0.4, 0.5) is 0 Å². The molecule has 2 aromatic heterocycles. The monoisotopic (exact) mass is 326 g/mol. The minimum absolute atomic E-state index is 0.252. The summed E-state index contributed by atoms with van der Waals surface area (Å²) in [5.74, 6) is 0.274. The molecule has 0 radical (unpaired) electrons. The lowest BCUT2D eigenvalue weighted by Crippen LogP contribution is -2.11. The van der Waals surface area contributed by atoms with E-state index >= 15 is 0 Å². The van der Waals surface area contributed by atoms with E-state index in [0.717, 1.165) is 22.2 Å². The van der Waals surface area contributed by atoms with E-state index in [-0.39, 0.29) is 11.4 Å². The third-order valence-corrected chi connectivity index (χ3v) is 4.22. The largest absolute Gasteiger partial charge is 0.358 e. The summed E-state index contributed by atoms with van der Waals surface area (Å²) in [4.78, 5) is 22.7. The van der Waals surface area contributed by atoms with Gasteiger partial charge >= 0.3 is 0 Å². The van der Waals surface area contributed by atoms with Crippen molar-refractivity contribution in [1.82, 2.24) is 15.0 Å². The molecule has 120 valence electrons. The van der Waals surface area contributed by atoms with E-state index in [9.17, 15) is 10.1 Å². The summed E-state index contributed by atoms with van der Waals surface area (Å²) in [6.45, 7) is 1.96. The van der Waals surface area contributed by atoms with Gasteiger partial charge in [0.1, 0.15) is 6.07 Å². The number of aryl methyl sites for hydroxylation is 1. The fourth-order valence-corrected chi connectivity index (χ4v) is 3.00. The molecule has 5 heteroatoms. The molecule has 2 N–H and O–H groups in total. The summed E-state index contributed by atoms with van der Waals surface area (Å²) in [5.41, 5.74) is 3.51. The Hall–Kier alpha value is -3.65. The van der Waals surface area contributed by atoms with Crippen LogP contribution in [0.5, 0.6) is 0 Å². The summed E-state index contributed by atoms with van der Waals surface area (Å²) in [6.07, 6.45) is 1.77. The molecule has 0 bridgehead atoms. The van der Waals surface area contributed by atoms with Crippen LogP contribution >= 0.6 is 0 Å². The summed E-state index contributed by atoms with van der Waals surface area (Å²) < 4.78 is 0. The first-order valence-corrected chi connectivity index (χ1v) is 7.86. The molecule has 5 nitrogen and oxygen atoms in total. The summed E-state index contributed by atoms with van der Waals surface area (Å²) in [7, 11) is 0. The second-order valence-corrected chi connectivity index (χ2v) is 5.81. The number of nitrogens with one attached hydrogen (secondary N) is 2. The van der Waals surface area contributed by atoms with Gasteiger partial charge in [0, 0.05) is 22.2 Å². The quantitative estimate of drug-likeness (QED) is 0.550. The molecule has 25 heavy (non-hydrogen) atoms. The lowest BCUT2D eigenvalue weighted by molar-refractivity contribution is 1.13. The summed E-state index contributed by atoms with van der Waals surface area (Å²) in [6, 6.07) is 17.1. The SMILES string of the molecule is Cc1[nH]c2ccccc2c1/C=C(/C#N)c1nc2ccccc2c(=O)[nH]1. The molecule has 0 spiro atoms. The average Bonchev–Trinajstić information content (AvgIpc) is 2.94. The molecule has 2 aromatic carbocycles. The normalized spacial score (nSPS) is 11.8. The van der Waals surface area contributed by atoms with Gasteiger partial charge in [0.2, 0.25) is 0 Å². The number of aromatic amines is 2. The number of rotatable bonds is 2. The second kappa shape index (κ2) is 5.77. The van der Waals surface area contributed by atoms with Gasteiger partial charge in [-0.3, -0.25) is 4.79 Å². The zero-order valence-electron chi connectivity index (χ0n) is 13.5. The smallest absolute Gasteiger partial charge is 0.259 e. The first-order valence-electron chi connectivity index (χ1n) is 7.86. The highest BCUT2D eigenvalue weighted by molar-refractivity contribution is 5.98. The molecular weight excluding hydrogens is 312 g/mol. The van der Waals surface area contributed by atoms with Crippen molar-refractivity contribution >= 4 is 33.5 Å². The first-order chi connectivity index (χ1) is 12.2. The lowest BCUT2D eigenvalue weighted by Gasteiger charge is -2.02. The number of aromatic nitrogens is 3. The van der Waals surface area contributed by atoms with Crippen molar-refractivity contribution in [3.05, 3.63) is 76.0 Å². The maximum atomic E-state index is 12.3. The Bertz CT molecular complexity index is 1240. The molecule has 0 fully saturated rings. The average molecular weight is 326 g/mol. The van der Waals surface area contributed by atoms with E-state index in [1.54, 1.807) is 24.3 Å². The molecule has 0 aliphatic rings. The standard InChI is InChI=1S/C20H14N4O/c1-12-16(14-6-2-4-8-17(14)22-12)10-13(11-21)19-23-18-9-5-3-7-15(18)20(25)24-19/h2-10,22H,1H3,(H,23,24,25)/b13-10-. The molecule has 0 amide bonds. The van der Waals surface area contributed by atoms with Crippen LogP contribution in [0, 0.1) is 18.3 Å². The van der Waals surface area contributed by atoms with E-state index < -0.39 is 0 Å². The summed E-state index contributed by atoms with van der Waals surface area (Å²) >= 11 is 0. The van der Waals surface area contributed by atoms with Gasteiger partial charge in [0.05, 0.1) is 16.5 Å². The molecule has 4 rings (SSSR count). The Labute approximate surface area is 143 Å². The topological polar surface area (TPSA) is 85.3 Å². The Morgan fingerprint density at radius 2 is 1.80 bits per heavy atom. The van der Waals surface area contributed by atoms with Crippen molar-refractivity contribution in [3.8, 4) is 6.07 Å². The molecule has 0 aliphatic carbocycles. The van der Waals surface area contributed by atoms with Crippen LogP contribution in [-0.2, 0) is 0 Å². The number of fused-ring (bicyclic) bond motifs is 2. The predicted molar refractivity (Wildman–Crippen MR) is 98.9 cm³/mol. The molecule has 4 aromatic rings. The van der Waals surface area contributed by atoms with Crippen molar-refractivity contribution in [3.63, 3.8) is 0 Å². The number of hydrogen-bond donors (Lipinski definition) is 2. The van der Waals surface area contributed by atoms with Gasteiger partial charge in [-0.05, 0) is 31.2 Å². The van der Waals surface area contributed by atoms with E-state index in [1.807, 2.05) is 37.3 Å². The Kier molecular flexibility index (Phi) is 3.44. The van der Waals surface area contributed by atoms with Crippen LogP contribution in [0.1, 0.15) is 17.1 Å². The van der Waals surface area contributed by atoms with Gasteiger partial charge < -0.3 is 9.97 Å². The van der Waals surface area contributed by atoms with Crippen molar-refractivity contribution in [1.29, 1.82) is 5.26 Å². The number of nitriles is 1. The van der Waals surface area contributed by atoms with Crippen molar-refractivity contribution in [2.75, 3.05) is 0 Å². The molecule has 0 saturated heterocycles. The summed E-state index contributed by atoms with van der Waals surface area (Å²) in [5, 5.41) is 11.1. The van der Waals surface area contributed by atoms with Crippen LogP contribution in [0.2, 0.25) is 0 Å². The second-order valence-electron chi connectivity index (χ2n) is 5.81.